The van der Waals surface area contributed by atoms with Crippen LogP contribution in [-0.4, -0.2) is 25.3 Å². The molecule has 0 atom stereocenters. The van der Waals surface area contributed by atoms with E-state index in [2.05, 4.69) is 29.6 Å². The van der Waals surface area contributed by atoms with E-state index in [1.807, 2.05) is 30.5 Å². The molecule has 0 radical (unpaired) electrons. The first-order valence-electron chi connectivity index (χ1n) is 9.08. The van der Waals surface area contributed by atoms with E-state index in [1.54, 1.807) is 16.7 Å². The van der Waals surface area contributed by atoms with Crippen molar-refractivity contribution in [3.8, 4) is 0 Å². The molecule has 132 valence electrons. The summed E-state index contributed by atoms with van der Waals surface area (Å²) in [6.45, 7) is 4.29. The van der Waals surface area contributed by atoms with Gasteiger partial charge in [0.2, 0.25) is 0 Å². The standard InChI is InChI=1S/C21H26N2OS/c1-25-20-11-9-19(10-12-20)21(24)22-15-17-5-7-18(8-6-17)16-23-13-3-2-4-14-23/h5-12H,2-4,13-16H2,1H3,(H,22,24)/p+1. The fraction of sp³-hybridized carbons (Fsp3) is 0.381. The molecule has 25 heavy (non-hydrogen) atoms. The van der Waals surface area contributed by atoms with Gasteiger partial charge in [-0.05, 0) is 55.3 Å². The summed E-state index contributed by atoms with van der Waals surface area (Å²) in [5, 5.41) is 3.00. The zero-order valence-corrected chi connectivity index (χ0v) is 15.7. The maximum atomic E-state index is 12.2. The average Bonchev–Trinajstić information content (AvgIpc) is 2.68. The second-order valence-corrected chi connectivity index (χ2v) is 7.59. The number of likely N-dealkylation sites (tertiary alicyclic amines) is 1. The van der Waals surface area contributed by atoms with Gasteiger partial charge in [0.25, 0.3) is 5.91 Å². The molecule has 4 heteroatoms. The molecular formula is C21H27N2OS+. The molecule has 1 aliphatic rings. The van der Waals surface area contributed by atoms with Crippen LogP contribution in [-0.2, 0) is 13.1 Å². The van der Waals surface area contributed by atoms with Crippen molar-refractivity contribution >= 4 is 17.7 Å². The van der Waals surface area contributed by atoms with E-state index >= 15 is 0 Å². The van der Waals surface area contributed by atoms with Gasteiger partial charge in [-0.2, -0.15) is 0 Å². The third kappa shape index (κ3) is 5.35. The van der Waals surface area contributed by atoms with Crippen LogP contribution in [0.3, 0.4) is 0 Å². The molecular weight excluding hydrogens is 328 g/mol. The minimum Gasteiger partial charge on any atom is -0.348 e. The van der Waals surface area contributed by atoms with E-state index in [4.69, 9.17) is 0 Å². The van der Waals surface area contributed by atoms with Crippen LogP contribution in [0.4, 0.5) is 0 Å². The third-order valence-corrected chi connectivity index (χ3v) is 5.59. The molecule has 2 aromatic carbocycles. The maximum Gasteiger partial charge on any atom is 0.251 e. The van der Waals surface area contributed by atoms with Gasteiger partial charge in [0, 0.05) is 22.6 Å². The Kier molecular flexibility index (Phi) is 6.54. The van der Waals surface area contributed by atoms with E-state index in [1.165, 1.54) is 42.8 Å². The molecule has 1 heterocycles. The highest BCUT2D eigenvalue weighted by Crippen LogP contribution is 2.15. The minimum atomic E-state index is -0.0190. The minimum absolute atomic E-state index is 0.0190. The van der Waals surface area contributed by atoms with Crippen molar-refractivity contribution in [3.05, 3.63) is 65.2 Å². The summed E-state index contributed by atoms with van der Waals surface area (Å²) >= 11 is 1.68. The monoisotopic (exact) mass is 355 g/mol. The molecule has 2 aromatic rings. The number of carbonyl (C=O) groups is 1. The summed E-state index contributed by atoms with van der Waals surface area (Å²) in [5.41, 5.74) is 3.24. The highest BCUT2D eigenvalue weighted by atomic mass is 32.2. The Balaban J connectivity index is 1.49. The first-order chi connectivity index (χ1) is 12.2. The summed E-state index contributed by atoms with van der Waals surface area (Å²) in [6, 6.07) is 16.4. The highest BCUT2D eigenvalue weighted by molar-refractivity contribution is 7.98. The molecule has 3 nitrogen and oxygen atoms in total. The van der Waals surface area contributed by atoms with Crippen molar-refractivity contribution in [2.24, 2.45) is 0 Å². The van der Waals surface area contributed by atoms with Gasteiger partial charge in [-0.3, -0.25) is 4.79 Å². The van der Waals surface area contributed by atoms with E-state index in [-0.39, 0.29) is 5.91 Å². The number of hydrogen-bond donors (Lipinski definition) is 2. The van der Waals surface area contributed by atoms with Gasteiger partial charge < -0.3 is 10.2 Å². The second-order valence-electron chi connectivity index (χ2n) is 6.72. The molecule has 0 saturated carbocycles. The number of quaternary nitrogens is 1. The van der Waals surface area contributed by atoms with E-state index < -0.39 is 0 Å². The third-order valence-electron chi connectivity index (χ3n) is 4.84. The van der Waals surface area contributed by atoms with Crippen molar-refractivity contribution in [1.29, 1.82) is 0 Å². The summed E-state index contributed by atoms with van der Waals surface area (Å²) in [6.07, 6.45) is 6.14. The average molecular weight is 356 g/mol. The van der Waals surface area contributed by atoms with Crippen molar-refractivity contribution in [3.63, 3.8) is 0 Å². The summed E-state index contributed by atoms with van der Waals surface area (Å²) in [5.74, 6) is -0.0190. The number of amides is 1. The van der Waals surface area contributed by atoms with Gasteiger partial charge in [-0.25, -0.2) is 0 Å². The maximum absolute atomic E-state index is 12.2. The molecule has 2 N–H and O–H groups in total. The van der Waals surface area contributed by atoms with Gasteiger partial charge in [0.1, 0.15) is 6.54 Å². The molecule has 0 unspecified atom stereocenters. The van der Waals surface area contributed by atoms with Gasteiger partial charge in [0.15, 0.2) is 0 Å². The number of thioether (sulfide) groups is 1. The second kappa shape index (κ2) is 9.07. The van der Waals surface area contributed by atoms with Crippen LogP contribution in [0.15, 0.2) is 53.4 Å². The molecule has 1 aliphatic heterocycles. The predicted octanol–water partition coefficient (Wildman–Crippen LogP) is 2.91. The van der Waals surface area contributed by atoms with E-state index in [0.717, 1.165) is 12.1 Å². The van der Waals surface area contributed by atoms with Gasteiger partial charge in [-0.15, -0.1) is 11.8 Å². The summed E-state index contributed by atoms with van der Waals surface area (Å²) in [4.78, 5) is 15.1. The van der Waals surface area contributed by atoms with Crippen LogP contribution in [0.1, 0.15) is 40.7 Å². The number of piperidine rings is 1. The molecule has 1 fully saturated rings. The number of benzene rings is 2. The van der Waals surface area contributed by atoms with Crippen LogP contribution in [0.25, 0.3) is 0 Å². The molecule has 0 aromatic heterocycles. The topological polar surface area (TPSA) is 33.5 Å². The highest BCUT2D eigenvalue weighted by Gasteiger charge is 2.13. The normalized spacial score (nSPS) is 15.1. The van der Waals surface area contributed by atoms with Gasteiger partial charge in [0.05, 0.1) is 13.1 Å². The number of hydrogen-bond acceptors (Lipinski definition) is 2. The van der Waals surface area contributed by atoms with Crippen LogP contribution >= 0.6 is 11.8 Å². The molecule has 0 aliphatic carbocycles. The number of carbonyl (C=O) groups excluding carboxylic acids is 1. The van der Waals surface area contributed by atoms with Crippen molar-refractivity contribution in [2.75, 3.05) is 19.3 Å². The largest absolute Gasteiger partial charge is 0.348 e. The quantitative estimate of drug-likeness (QED) is 0.781. The van der Waals surface area contributed by atoms with Crippen molar-refractivity contribution < 1.29 is 9.69 Å². The lowest BCUT2D eigenvalue weighted by Gasteiger charge is -2.23. The lowest BCUT2D eigenvalue weighted by molar-refractivity contribution is -0.918. The Morgan fingerprint density at radius 2 is 1.60 bits per heavy atom. The zero-order chi connectivity index (χ0) is 17.5. The molecule has 0 bridgehead atoms. The van der Waals surface area contributed by atoms with Gasteiger partial charge in [-0.1, -0.05) is 24.3 Å². The van der Waals surface area contributed by atoms with E-state index in [0.29, 0.717) is 12.1 Å². The Bertz CT molecular complexity index is 676. The van der Waals surface area contributed by atoms with Crippen molar-refractivity contribution in [1.82, 2.24) is 5.32 Å². The van der Waals surface area contributed by atoms with Crippen molar-refractivity contribution in [2.45, 2.75) is 37.2 Å². The lowest BCUT2D eigenvalue weighted by atomic mass is 10.1. The predicted molar refractivity (Wildman–Crippen MR) is 104 cm³/mol. The first-order valence-corrected chi connectivity index (χ1v) is 10.3. The van der Waals surface area contributed by atoms with Crippen LogP contribution < -0.4 is 10.2 Å². The summed E-state index contributed by atoms with van der Waals surface area (Å²) < 4.78 is 0. The SMILES string of the molecule is CSc1ccc(C(=O)NCc2ccc(C[NH+]3CCCCC3)cc2)cc1. The van der Waals surface area contributed by atoms with Gasteiger partial charge >= 0.3 is 0 Å². The Morgan fingerprint density at radius 3 is 2.24 bits per heavy atom. The van der Waals surface area contributed by atoms with Crippen LogP contribution in [0.5, 0.6) is 0 Å². The Hall–Kier alpha value is -1.78. The first kappa shape index (κ1) is 18.0. The Morgan fingerprint density at radius 1 is 0.960 bits per heavy atom. The fourth-order valence-electron chi connectivity index (χ4n) is 3.32. The zero-order valence-electron chi connectivity index (χ0n) is 14.9. The molecule has 1 saturated heterocycles. The Labute approximate surface area is 154 Å². The number of rotatable bonds is 6. The fourth-order valence-corrected chi connectivity index (χ4v) is 3.73. The summed E-state index contributed by atoms with van der Waals surface area (Å²) in [7, 11) is 0. The molecule has 1 amide bonds. The molecule has 0 spiro atoms. The van der Waals surface area contributed by atoms with Crippen LogP contribution in [0, 0.1) is 0 Å². The number of nitrogens with one attached hydrogen (secondary N) is 2. The van der Waals surface area contributed by atoms with E-state index in [9.17, 15) is 4.79 Å². The lowest BCUT2D eigenvalue weighted by Crippen LogP contribution is -3.11. The molecule has 3 rings (SSSR count). The smallest absolute Gasteiger partial charge is 0.251 e. The van der Waals surface area contributed by atoms with Crippen LogP contribution in [0.2, 0.25) is 0 Å².